The number of hydrogen-bond acceptors (Lipinski definition) is 1. The van der Waals surface area contributed by atoms with E-state index in [4.69, 9.17) is 0 Å². The molecule has 1 unspecified atom stereocenters. The van der Waals surface area contributed by atoms with Gasteiger partial charge in [-0.2, -0.15) is 0 Å². The van der Waals surface area contributed by atoms with Gasteiger partial charge in [0.1, 0.15) is 11.2 Å². The van der Waals surface area contributed by atoms with E-state index in [9.17, 15) is 23.1 Å². The van der Waals surface area contributed by atoms with Gasteiger partial charge < -0.3 is 5.11 Å². The van der Waals surface area contributed by atoms with Crippen LogP contribution in [0.15, 0.2) is 12.1 Å². The Kier molecular flexibility index (Phi) is 2.28. The Bertz CT molecular complexity index is 511. The van der Waals surface area contributed by atoms with Gasteiger partial charge in [-0.3, -0.25) is 4.79 Å². The van der Waals surface area contributed by atoms with Gasteiger partial charge in [-0.1, -0.05) is 13.8 Å². The van der Waals surface area contributed by atoms with Gasteiger partial charge in [0.2, 0.25) is 0 Å². The molecule has 0 bridgehead atoms. The minimum absolute atomic E-state index is 0.0899. The van der Waals surface area contributed by atoms with E-state index in [2.05, 4.69) is 0 Å². The highest BCUT2D eigenvalue weighted by molar-refractivity contribution is 5.87. The molecular formula is C12H11F3O2. The van der Waals surface area contributed by atoms with Crippen molar-refractivity contribution in [3.8, 4) is 0 Å². The zero-order chi connectivity index (χ0) is 13.0. The van der Waals surface area contributed by atoms with Gasteiger partial charge in [0.05, 0.1) is 0 Å². The number of aliphatic carboxylic acids is 1. The van der Waals surface area contributed by atoms with Crippen molar-refractivity contribution in [2.45, 2.75) is 25.7 Å². The van der Waals surface area contributed by atoms with Crippen LogP contribution in [-0.4, -0.2) is 11.1 Å². The summed E-state index contributed by atoms with van der Waals surface area (Å²) in [6, 6.07) is 1.41. The second-order valence-electron chi connectivity index (χ2n) is 4.99. The van der Waals surface area contributed by atoms with Crippen molar-refractivity contribution in [2.75, 3.05) is 0 Å². The van der Waals surface area contributed by atoms with Gasteiger partial charge in [-0.15, -0.1) is 0 Å². The Labute approximate surface area is 96.1 Å². The monoisotopic (exact) mass is 244 g/mol. The first-order chi connectivity index (χ1) is 7.74. The molecule has 0 heterocycles. The van der Waals surface area contributed by atoms with E-state index in [1.54, 1.807) is 13.8 Å². The van der Waals surface area contributed by atoms with Crippen LogP contribution in [0, 0.1) is 22.9 Å². The summed E-state index contributed by atoms with van der Waals surface area (Å²) in [6.45, 7) is 3.18. The van der Waals surface area contributed by atoms with Crippen LogP contribution in [0.5, 0.6) is 0 Å². The third kappa shape index (κ3) is 1.38. The molecule has 17 heavy (non-hydrogen) atoms. The maximum Gasteiger partial charge on any atom is 0.314 e. The van der Waals surface area contributed by atoms with E-state index in [0.29, 0.717) is 6.07 Å². The second-order valence-corrected chi connectivity index (χ2v) is 4.99. The molecular weight excluding hydrogens is 233 g/mol. The highest BCUT2D eigenvalue weighted by Gasteiger charge is 2.69. The predicted molar refractivity (Wildman–Crippen MR) is 54.0 cm³/mol. The van der Waals surface area contributed by atoms with Crippen LogP contribution in [0.1, 0.15) is 25.8 Å². The fourth-order valence-electron chi connectivity index (χ4n) is 2.44. The number of halogens is 3. The van der Waals surface area contributed by atoms with Crippen LogP contribution in [-0.2, 0) is 10.2 Å². The normalized spacial score (nSPS) is 25.7. The first-order valence-corrected chi connectivity index (χ1v) is 5.11. The molecule has 92 valence electrons. The highest BCUT2D eigenvalue weighted by atomic mass is 19.2. The van der Waals surface area contributed by atoms with E-state index in [0.717, 1.165) is 6.07 Å². The molecule has 0 amide bonds. The van der Waals surface area contributed by atoms with Crippen LogP contribution in [0.3, 0.4) is 0 Å². The minimum Gasteiger partial charge on any atom is -0.481 e. The van der Waals surface area contributed by atoms with E-state index >= 15 is 0 Å². The second kappa shape index (κ2) is 3.24. The zero-order valence-corrected chi connectivity index (χ0v) is 9.35. The molecule has 0 saturated heterocycles. The molecule has 0 spiro atoms. The summed E-state index contributed by atoms with van der Waals surface area (Å²) in [5.74, 6) is -4.98. The van der Waals surface area contributed by atoms with Gasteiger partial charge in [-0.05, 0) is 24.0 Å². The lowest BCUT2D eigenvalue weighted by Crippen LogP contribution is -2.28. The summed E-state index contributed by atoms with van der Waals surface area (Å²) < 4.78 is 40.3. The van der Waals surface area contributed by atoms with Crippen LogP contribution < -0.4 is 0 Å². The van der Waals surface area contributed by atoms with Crippen LogP contribution in [0.2, 0.25) is 0 Å². The molecule has 0 radical (unpaired) electrons. The first kappa shape index (κ1) is 12.0. The van der Waals surface area contributed by atoms with Crippen molar-refractivity contribution >= 4 is 5.97 Å². The van der Waals surface area contributed by atoms with E-state index in [1.165, 1.54) is 0 Å². The van der Waals surface area contributed by atoms with Crippen LogP contribution in [0.4, 0.5) is 13.2 Å². The molecule has 1 saturated carbocycles. The summed E-state index contributed by atoms with van der Waals surface area (Å²) in [4.78, 5) is 11.3. The maximum atomic E-state index is 13.6. The average molecular weight is 244 g/mol. The Morgan fingerprint density at radius 2 is 1.71 bits per heavy atom. The highest BCUT2D eigenvalue weighted by Crippen LogP contribution is 2.65. The van der Waals surface area contributed by atoms with Crippen molar-refractivity contribution in [1.29, 1.82) is 0 Å². The van der Waals surface area contributed by atoms with E-state index in [1.807, 2.05) is 0 Å². The topological polar surface area (TPSA) is 37.3 Å². The van der Waals surface area contributed by atoms with Crippen molar-refractivity contribution in [3.63, 3.8) is 0 Å². The van der Waals surface area contributed by atoms with Crippen molar-refractivity contribution in [3.05, 3.63) is 35.1 Å². The van der Waals surface area contributed by atoms with Gasteiger partial charge in [0, 0.05) is 5.56 Å². The molecule has 2 nitrogen and oxygen atoms in total. The molecule has 1 atom stereocenters. The fourth-order valence-corrected chi connectivity index (χ4v) is 2.44. The summed E-state index contributed by atoms with van der Waals surface area (Å²) in [7, 11) is 0. The lowest BCUT2D eigenvalue weighted by atomic mass is 9.87. The third-order valence-corrected chi connectivity index (χ3v) is 3.57. The molecule has 1 aliphatic rings. The smallest absolute Gasteiger partial charge is 0.314 e. The molecule has 1 N–H and O–H groups in total. The molecule has 1 aromatic rings. The van der Waals surface area contributed by atoms with Crippen molar-refractivity contribution in [2.24, 2.45) is 5.41 Å². The first-order valence-electron chi connectivity index (χ1n) is 5.11. The SMILES string of the molecule is CC1(C)CC1(C(=O)O)c1c(F)ccc(F)c1F. The molecule has 0 aromatic heterocycles. The Balaban J connectivity index is 2.70. The van der Waals surface area contributed by atoms with Gasteiger partial charge in [0.15, 0.2) is 11.6 Å². The Hall–Kier alpha value is -1.52. The van der Waals surface area contributed by atoms with E-state index < -0.39 is 39.8 Å². The number of carboxylic acid groups (broad SMARTS) is 1. The number of carboxylic acids is 1. The Morgan fingerprint density at radius 1 is 1.24 bits per heavy atom. The predicted octanol–water partition coefficient (Wildman–Crippen LogP) is 2.86. The molecule has 0 aliphatic heterocycles. The third-order valence-electron chi connectivity index (χ3n) is 3.57. The molecule has 2 rings (SSSR count). The molecule has 5 heteroatoms. The van der Waals surface area contributed by atoms with Crippen molar-refractivity contribution < 1.29 is 23.1 Å². The van der Waals surface area contributed by atoms with Crippen LogP contribution in [0.25, 0.3) is 0 Å². The molecule has 1 aromatic carbocycles. The van der Waals surface area contributed by atoms with Gasteiger partial charge in [0.25, 0.3) is 0 Å². The summed E-state index contributed by atoms with van der Waals surface area (Å²) >= 11 is 0. The lowest BCUT2D eigenvalue weighted by molar-refractivity contribution is -0.141. The lowest BCUT2D eigenvalue weighted by Gasteiger charge is -2.17. The number of rotatable bonds is 2. The number of hydrogen-bond donors (Lipinski definition) is 1. The number of carbonyl (C=O) groups is 1. The maximum absolute atomic E-state index is 13.6. The minimum atomic E-state index is -1.66. The quantitative estimate of drug-likeness (QED) is 0.812. The standard InChI is InChI=1S/C12H11F3O2/c1-11(2)5-12(11,10(16)17)8-6(13)3-4-7(14)9(8)15/h3-4H,5H2,1-2H3,(H,16,17). The summed E-state index contributed by atoms with van der Waals surface area (Å²) in [5, 5.41) is 9.18. The van der Waals surface area contributed by atoms with Crippen LogP contribution >= 0.6 is 0 Å². The Morgan fingerprint density at radius 3 is 2.12 bits per heavy atom. The fraction of sp³-hybridized carbons (Fsp3) is 0.417. The molecule has 1 fully saturated rings. The van der Waals surface area contributed by atoms with Gasteiger partial charge in [-0.25, -0.2) is 13.2 Å². The average Bonchev–Trinajstić information content (AvgIpc) is 2.78. The zero-order valence-electron chi connectivity index (χ0n) is 9.35. The largest absolute Gasteiger partial charge is 0.481 e. The van der Waals surface area contributed by atoms with Crippen molar-refractivity contribution in [1.82, 2.24) is 0 Å². The number of benzene rings is 1. The summed E-state index contributed by atoms with van der Waals surface area (Å²) in [5.41, 5.74) is -3.12. The van der Waals surface area contributed by atoms with Gasteiger partial charge >= 0.3 is 5.97 Å². The summed E-state index contributed by atoms with van der Waals surface area (Å²) in [6.07, 6.45) is 0.0899. The van der Waals surface area contributed by atoms with E-state index in [-0.39, 0.29) is 6.42 Å². The molecule has 1 aliphatic carbocycles.